The minimum atomic E-state index is -0.376. The van der Waals surface area contributed by atoms with Crippen molar-refractivity contribution in [3.63, 3.8) is 0 Å². The van der Waals surface area contributed by atoms with Crippen LogP contribution in [0.4, 0.5) is 0 Å². The lowest BCUT2D eigenvalue weighted by Crippen LogP contribution is -2.35. The molecule has 5 nitrogen and oxygen atoms in total. The van der Waals surface area contributed by atoms with E-state index in [-0.39, 0.29) is 47.4 Å². The van der Waals surface area contributed by atoms with E-state index in [4.69, 9.17) is 9.47 Å². The molecule has 0 saturated carbocycles. The average molecular weight is 406 g/mol. The van der Waals surface area contributed by atoms with Crippen LogP contribution in [0.15, 0.2) is 42.0 Å². The molecule has 0 radical (unpaired) electrons. The number of ether oxygens (including phenoxy) is 2. The molecule has 0 bridgehead atoms. The molecule has 3 atom stereocenters. The molecule has 30 heavy (non-hydrogen) atoms. The number of phenols is 1. The van der Waals surface area contributed by atoms with Crippen LogP contribution in [-0.2, 0) is 11.2 Å². The lowest BCUT2D eigenvalue weighted by Gasteiger charge is -2.35. The highest BCUT2D eigenvalue weighted by Gasteiger charge is 2.43. The van der Waals surface area contributed by atoms with Gasteiger partial charge in [0, 0.05) is 17.0 Å². The molecular formula is C25H26O5. The molecule has 0 fully saturated rings. The van der Waals surface area contributed by atoms with Crippen LogP contribution in [0, 0.1) is 5.92 Å². The minimum absolute atomic E-state index is 0.147. The number of carbonyl (C=O) groups excluding carboxylic acids is 2. The fourth-order valence-electron chi connectivity index (χ4n) is 4.17. The van der Waals surface area contributed by atoms with E-state index in [1.807, 2.05) is 57.2 Å². The van der Waals surface area contributed by atoms with Crippen LogP contribution in [0.1, 0.15) is 67.1 Å². The summed E-state index contributed by atoms with van der Waals surface area (Å²) in [6.07, 6.45) is 2.11. The summed E-state index contributed by atoms with van der Waals surface area (Å²) >= 11 is 0. The Labute approximate surface area is 176 Å². The maximum absolute atomic E-state index is 13.2. The van der Waals surface area contributed by atoms with Crippen molar-refractivity contribution >= 4 is 11.8 Å². The fraction of sp³-hybridized carbons (Fsp3) is 0.360. The van der Waals surface area contributed by atoms with Gasteiger partial charge in [0.25, 0.3) is 0 Å². The Morgan fingerprint density at radius 2 is 1.83 bits per heavy atom. The second-order valence-corrected chi connectivity index (χ2v) is 8.38. The topological polar surface area (TPSA) is 72.8 Å². The van der Waals surface area contributed by atoms with Crippen molar-refractivity contribution in [2.24, 2.45) is 5.92 Å². The maximum Gasteiger partial charge on any atom is 0.312 e. The Bertz CT molecular complexity index is 1050. The van der Waals surface area contributed by atoms with Crippen molar-refractivity contribution < 1.29 is 24.2 Å². The Morgan fingerprint density at radius 1 is 1.13 bits per heavy atom. The van der Waals surface area contributed by atoms with Crippen LogP contribution in [0.25, 0.3) is 0 Å². The summed E-state index contributed by atoms with van der Waals surface area (Å²) < 4.78 is 11.8. The first-order chi connectivity index (χ1) is 14.3. The molecular weight excluding hydrogens is 380 g/mol. The number of carbonyl (C=O) groups is 2. The molecule has 0 aromatic heterocycles. The van der Waals surface area contributed by atoms with E-state index in [1.54, 1.807) is 6.92 Å². The summed E-state index contributed by atoms with van der Waals surface area (Å²) in [6, 6.07) is 9.67. The van der Waals surface area contributed by atoms with E-state index in [0.717, 1.165) is 11.1 Å². The molecule has 156 valence electrons. The molecule has 0 amide bonds. The predicted octanol–water partition coefficient (Wildman–Crippen LogP) is 4.94. The number of hydrogen-bond donors (Lipinski definition) is 1. The number of allylic oxidation sites excluding steroid dienone is 2. The molecule has 0 spiro atoms. The summed E-state index contributed by atoms with van der Waals surface area (Å²) in [7, 11) is 0. The minimum Gasteiger partial charge on any atom is -0.507 e. The number of fused-ring (bicyclic) bond motifs is 3. The Hall–Kier alpha value is -3.08. The van der Waals surface area contributed by atoms with Crippen LogP contribution < -0.4 is 9.47 Å². The summed E-state index contributed by atoms with van der Waals surface area (Å²) in [5.41, 5.74) is 3.34. The molecule has 2 aromatic rings. The lowest BCUT2D eigenvalue weighted by atomic mass is 9.79. The zero-order chi connectivity index (χ0) is 21.6. The Morgan fingerprint density at radius 3 is 2.50 bits per heavy atom. The second kappa shape index (κ2) is 7.63. The van der Waals surface area contributed by atoms with Crippen LogP contribution in [0.5, 0.6) is 17.2 Å². The van der Waals surface area contributed by atoms with Gasteiger partial charge in [-0.3, -0.25) is 9.59 Å². The van der Waals surface area contributed by atoms with Crippen LogP contribution in [0.3, 0.4) is 0 Å². The molecule has 2 aliphatic rings. The van der Waals surface area contributed by atoms with Crippen molar-refractivity contribution in [3.8, 4) is 17.2 Å². The van der Waals surface area contributed by atoms with Gasteiger partial charge in [-0.1, -0.05) is 48.9 Å². The molecule has 0 unspecified atom stereocenters. The third-order valence-corrected chi connectivity index (χ3v) is 6.03. The van der Waals surface area contributed by atoms with Crippen molar-refractivity contribution in [2.75, 3.05) is 0 Å². The molecule has 0 saturated heterocycles. The highest BCUT2D eigenvalue weighted by molar-refractivity contribution is 6.05. The summed E-state index contributed by atoms with van der Waals surface area (Å²) in [5.74, 6) is -0.672. The molecule has 1 N–H and O–H groups in total. The molecule has 5 heteroatoms. The van der Waals surface area contributed by atoms with Crippen molar-refractivity contribution in [2.45, 2.75) is 52.6 Å². The quantitative estimate of drug-likeness (QED) is 0.444. The van der Waals surface area contributed by atoms with Gasteiger partial charge in [0.05, 0.1) is 12.3 Å². The highest BCUT2D eigenvalue weighted by atomic mass is 16.5. The van der Waals surface area contributed by atoms with Crippen LogP contribution in [-0.4, -0.2) is 23.0 Å². The van der Waals surface area contributed by atoms with Crippen LogP contribution in [0.2, 0.25) is 0 Å². The maximum atomic E-state index is 13.2. The van der Waals surface area contributed by atoms with E-state index in [2.05, 4.69) is 0 Å². The summed E-state index contributed by atoms with van der Waals surface area (Å²) in [4.78, 5) is 25.7. The number of ketones is 1. The zero-order valence-electron chi connectivity index (χ0n) is 17.7. The van der Waals surface area contributed by atoms with Crippen molar-refractivity contribution in [3.05, 3.63) is 64.2 Å². The summed E-state index contributed by atoms with van der Waals surface area (Å²) in [6.45, 7) is 7.56. The predicted molar refractivity (Wildman–Crippen MR) is 113 cm³/mol. The Kier molecular flexibility index (Phi) is 5.14. The fourth-order valence-corrected chi connectivity index (χ4v) is 4.17. The number of hydrogen-bond acceptors (Lipinski definition) is 5. The number of rotatable bonds is 3. The largest absolute Gasteiger partial charge is 0.507 e. The van der Waals surface area contributed by atoms with Crippen molar-refractivity contribution in [1.29, 1.82) is 0 Å². The monoisotopic (exact) mass is 406 g/mol. The van der Waals surface area contributed by atoms with Gasteiger partial charge >= 0.3 is 5.97 Å². The highest BCUT2D eigenvalue weighted by Crippen LogP contribution is 2.53. The van der Waals surface area contributed by atoms with Crippen molar-refractivity contribution in [1.82, 2.24) is 0 Å². The lowest BCUT2D eigenvalue weighted by molar-refractivity contribution is -0.135. The first-order valence-corrected chi connectivity index (χ1v) is 10.3. The number of Topliss-reactive ketones (excluding diaryl/α,β-unsaturated/α-hetero) is 1. The first kappa shape index (κ1) is 20.2. The zero-order valence-corrected chi connectivity index (χ0v) is 17.7. The van der Waals surface area contributed by atoms with Gasteiger partial charge in [-0.05, 0) is 32.8 Å². The van der Waals surface area contributed by atoms with Gasteiger partial charge in [0.15, 0.2) is 5.78 Å². The second-order valence-electron chi connectivity index (χ2n) is 8.38. The normalized spacial score (nSPS) is 22.5. The van der Waals surface area contributed by atoms with Gasteiger partial charge in [-0.15, -0.1) is 0 Å². The van der Waals surface area contributed by atoms with Gasteiger partial charge in [-0.25, -0.2) is 0 Å². The third-order valence-electron chi connectivity index (χ3n) is 6.03. The molecule has 4 rings (SSSR count). The molecule has 2 aromatic carbocycles. The van der Waals surface area contributed by atoms with E-state index in [9.17, 15) is 14.7 Å². The average Bonchev–Trinajstić information content (AvgIpc) is 2.71. The van der Waals surface area contributed by atoms with Crippen LogP contribution >= 0.6 is 0 Å². The van der Waals surface area contributed by atoms with E-state index in [1.165, 1.54) is 0 Å². The number of phenolic OH excluding ortho intramolecular Hbond substituents is 1. The SMILES string of the molecule is CC(C)=CCc1c(O)c2c(c3c1OC(=O)C[C@H]3c1ccccc1)O[C@@H](C)[C@@H](C)C2=O. The van der Waals surface area contributed by atoms with E-state index >= 15 is 0 Å². The van der Waals surface area contributed by atoms with Gasteiger partial charge < -0.3 is 14.6 Å². The standard InChI is InChI=1S/C25H26O5/c1-13(2)10-11-17-23(28)21-22(27)14(3)15(4)29-25(21)20-18(12-19(26)30-24(17)20)16-8-6-5-7-9-16/h5-10,14-15,18,28H,11-12H2,1-4H3/t14-,15+,18+/m1/s1. The van der Waals surface area contributed by atoms with Gasteiger partial charge in [0.1, 0.15) is 28.9 Å². The third kappa shape index (κ3) is 3.28. The smallest absolute Gasteiger partial charge is 0.312 e. The van der Waals surface area contributed by atoms with Gasteiger partial charge in [-0.2, -0.15) is 0 Å². The molecule has 0 aliphatic carbocycles. The summed E-state index contributed by atoms with van der Waals surface area (Å²) in [5, 5.41) is 11.1. The molecule has 2 aliphatic heterocycles. The van der Waals surface area contributed by atoms with Gasteiger partial charge in [0.2, 0.25) is 0 Å². The number of esters is 1. The Balaban J connectivity index is 2.04. The number of aromatic hydroxyl groups is 1. The van der Waals surface area contributed by atoms with E-state index in [0.29, 0.717) is 29.0 Å². The first-order valence-electron chi connectivity index (χ1n) is 10.3. The molecule has 2 heterocycles. The van der Waals surface area contributed by atoms with E-state index < -0.39 is 0 Å². The number of benzene rings is 2.